The van der Waals surface area contributed by atoms with E-state index in [1.807, 2.05) is 35.0 Å². The first-order chi connectivity index (χ1) is 10.1. The van der Waals surface area contributed by atoms with Crippen LogP contribution in [0.25, 0.3) is 11.4 Å². The summed E-state index contributed by atoms with van der Waals surface area (Å²) in [6.45, 7) is 0.569. The number of nitrogens with zero attached hydrogens (tertiary/aromatic N) is 2. The van der Waals surface area contributed by atoms with Gasteiger partial charge in [0.1, 0.15) is 11.6 Å². The predicted molar refractivity (Wildman–Crippen MR) is 93.6 cm³/mol. The van der Waals surface area contributed by atoms with Gasteiger partial charge < -0.3 is 4.57 Å². The van der Waals surface area contributed by atoms with Gasteiger partial charge in [-0.3, -0.25) is 0 Å². The molecular weight excluding hydrogens is 446 g/mol. The second-order valence-corrected chi connectivity index (χ2v) is 6.72. The lowest BCUT2D eigenvalue weighted by molar-refractivity contribution is 0.623. The van der Waals surface area contributed by atoms with Gasteiger partial charge in [-0.05, 0) is 58.5 Å². The highest BCUT2D eigenvalue weighted by molar-refractivity contribution is 14.1. The van der Waals surface area contributed by atoms with Crippen LogP contribution in [0.3, 0.4) is 0 Å². The topological polar surface area (TPSA) is 17.8 Å². The van der Waals surface area contributed by atoms with Crippen LogP contribution in [0.4, 0.5) is 4.39 Å². The molecule has 0 atom stereocenters. The summed E-state index contributed by atoms with van der Waals surface area (Å²) in [4.78, 5) is 4.42. The number of rotatable bonds is 3. The summed E-state index contributed by atoms with van der Waals surface area (Å²) in [5.41, 5.74) is 1.94. The molecule has 1 aromatic heterocycles. The molecule has 0 bridgehead atoms. The molecule has 0 fully saturated rings. The molecule has 0 amide bonds. The van der Waals surface area contributed by atoms with E-state index in [9.17, 15) is 4.39 Å². The van der Waals surface area contributed by atoms with Crippen molar-refractivity contribution in [3.8, 4) is 11.4 Å². The Balaban J connectivity index is 1.96. The number of benzene rings is 2. The van der Waals surface area contributed by atoms with E-state index >= 15 is 0 Å². The average molecular weight is 457 g/mol. The molecule has 2 nitrogen and oxygen atoms in total. The second-order valence-electron chi connectivity index (χ2n) is 4.62. The van der Waals surface area contributed by atoms with Gasteiger partial charge in [0.05, 0.1) is 6.54 Å². The molecule has 0 saturated carbocycles. The SMILES string of the molecule is Fc1ccc(Br)c(Cn2ccnc2-c2ccc(I)cc2)c1. The van der Waals surface area contributed by atoms with E-state index < -0.39 is 0 Å². The highest BCUT2D eigenvalue weighted by Crippen LogP contribution is 2.23. The summed E-state index contributed by atoms with van der Waals surface area (Å²) in [7, 11) is 0. The molecule has 3 rings (SSSR count). The predicted octanol–water partition coefficient (Wildman–Crippen LogP) is 5.10. The van der Waals surface area contributed by atoms with Crippen LogP contribution < -0.4 is 0 Å². The fourth-order valence-electron chi connectivity index (χ4n) is 2.14. The van der Waals surface area contributed by atoms with Crippen molar-refractivity contribution in [1.29, 1.82) is 0 Å². The van der Waals surface area contributed by atoms with E-state index in [-0.39, 0.29) is 5.82 Å². The van der Waals surface area contributed by atoms with Gasteiger partial charge in [-0.2, -0.15) is 0 Å². The first-order valence-corrected chi connectivity index (χ1v) is 8.21. The highest BCUT2D eigenvalue weighted by atomic mass is 127. The van der Waals surface area contributed by atoms with E-state index in [0.29, 0.717) is 6.54 Å². The largest absolute Gasteiger partial charge is 0.327 e. The van der Waals surface area contributed by atoms with Crippen molar-refractivity contribution >= 4 is 38.5 Å². The molecule has 106 valence electrons. The molecule has 0 radical (unpaired) electrons. The van der Waals surface area contributed by atoms with E-state index in [4.69, 9.17) is 0 Å². The highest BCUT2D eigenvalue weighted by Gasteiger charge is 2.09. The maximum atomic E-state index is 13.4. The smallest absolute Gasteiger partial charge is 0.140 e. The van der Waals surface area contributed by atoms with Crippen LogP contribution >= 0.6 is 38.5 Å². The van der Waals surface area contributed by atoms with Crippen LogP contribution in [0.2, 0.25) is 0 Å². The third kappa shape index (κ3) is 3.35. The number of hydrogen-bond donors (Lipinski definition) is 0. The third-order valence-electron chi connectivity index (χ3n) is 3.17. The van der Waals surface area contributed by atoms with Crippen molar-refractivity contribution in [3.63, 3.8) is 0 Å². The second kappa shape index (κ2) is 6.27. The van der Waals surface area contributed by atoms with E-state index in [0.717, 1.165) is 21.4 Å². The Morgan fingerprint density at radius 1 is 1.14 bits per heavy atom. The molecule has 0 unspecified atom stereocenters. The summed E-state index contributed by atoms with van der Waals surface area (Å²) in [5.74, 6) is 0.645. The van der Waals surface area contributed by atoms with Crippen LogP contribution in [0, 0.1) is 9.39 Å². The Labute approximate surface area is 144 Å². The molecule has 0 aliphatic heterocycles. The van der Waals surface area contributed by atoms with Gasteiger partial charge in [0.25, 0.3) is 0 Å². The van der Waals surface area contributed by atoms with Crippen molar-refractivity contribution < 1.29 is 4.39 Å². The lowest BCUT2D eigenvalue weighted by atomic mass is 10.2. The molecule has 0 aliphatic carbocycles. The van der Waals surface area contributed by atoms with E-state index in [2.05, 4.69) is 43.5 Å². The van der Waals surface area contributed by atoms with Gasteiger partial charge in [-0.15, -0.1) is 0 Å². The minimum atomic E-state index is -0.232. The van der Waals surface area contributed by atoms with Gasteiger partial charge in [0.15, 0.2) is 0 Å². The molecule has 0 saturated heterocycles. The first kappa shape index (κ1) is 14.7. The quantitative estimate of drug-likeness (QED) is 0.501. The molecule has 5 heteroatoms. The van der Waals surface area contributed by atoms with Crippen molar-refractivity contribution in [2.24, 2.45) is 0 Å². The van der Waals surface area contributed by atoms with Crippen molar-refractivity contribution in [3.05, 3.63) is 74.3 Å². The Hall–Kier alpha value is -1.21. The summed E-state index contributed by atoms with van der Waals surface area (Å²) >= 11 is 5.74. The minimum Gasteiger partial charge on any atom is -0.327 e. The van der Waals surface area contributed by atoms with Gasteiger partial charge in [-0.1, -0.05) is 28.1 Å². The standard InChI is InChI=1S/C16H11BrFIN2/c17-15-6-3-13(18)9-12(15)10-21-8-7-20-16(21)11-1-4-14(19)5-2-11/h1-9H,10H2. The molecule has 0 N–H and O–H groups in total. The number of hydrogen-bond acceptors (Lipinski definition) is 1. The Morgan fingerprint density at radius 3 is 2.67 bits per heavy atom. The van der Waals surface area contributed by atoms with Gasteiger partial charge in [-0.25, -0.2) is 9.37 Å². The average Bonchev–Trinajstić information content (AvgIpc) is 2.92. The van der Waals surface area contributed by atoms with Crippen LogP contribution in [0.1, 0.15) is 5.56 Å². The summed E-state index contributed by atoms with van der Waals surface area (Å²) in [6.07, 6.45) is 3.67. The van der Waals surface area contributed by atoms with Crippen LogP contribution in [-0.4, -0.2) is 9.55 Å². The fourth-order valence-corrected chi connectivity index (χ4v) is 2.88. The summed E-state index contributed by atoms with van der Waals surface area (Å²) < 4.78 is 17.5. The zero-order chi connectivity index (χ0) is 14.8. The molecule has 21 heavy (non-hydrogen) atoms. The zero-order valence-corrected chi connectivity index (χ0v) is 14.7. The van der Waals surface area contributed by atoms with Crippen molar-refractivity contribution in [1.82, 2.24) is 9.55 Å². The van der Waals surface area contributed by atoms with Crippen molar-refractivity contribution in [2.75, 3.05) is 0 Å². The maximum absolute atomic E-state index is 13.4. The Bertz CT molecular complexity index is 768. The molecule has 3 aromatic rings. The number of aromatic nitrogens is 2. The fraction of sp³-hybridized carbons (Fsp3) is 0.0625. The molecular formula is C16H11BrFIN2. The summed E-state index contributed by atoms with van der Waals surface area (Å²) in [6, 6.07) is 12.9. The molecule has 2 aromatic carbocycles. The van der Waals surface area contributed by atoms with E-state index in [1.165, 1.54) is 9.64 Å². The van der Waals surface area contributed by atoms with Crippen LogP contribution in [0.15, 0.2) is 59.3 Å². The first-order valence-electron chi connectivity index (χ1n) is 6.34. The van der Waals surface area contributed by atoms with Gasteiger partial charge >= 0.3 is 0 Å². The van der Waals surface area contributed by atoms with E-state index in [1.54, 1.807) is 18.3 Å². The number of halogens is 3. The maximum Gasteiger partial charge on any atom is 0.140 e. The van der Waals surface area contributed by atoms with Crippen LogP contribution in [0.5, 0.6) is 0 Å². The zero-order valence-electron chi connectivity index (χ0n) is 10.9. The number of imidazole rings is 1. The summed E-state index contributed by atoms with van der Waals surface area (Å²) in [5, 5.41) is 0. The lowest BCUT2D eigenvalue weighted by Crippen LogP contribution is -2.02. The normalized spacial score (nSPS) is 10.8. The van der Waals surface area contributed by atoms with Gasteiger partial charge in [0, 0.05) is 26.0 Å². The van der Waals surface area contributed by atoms with Crippen LogP contribution in [-0.2, 0) is 6.54 Å². The third-order valence-corrected chi connectivity index (χ3v) is 4.66. The minimum absolute atomic E-state index is 0.232. The molecule has 1 heterocycles. The van der Waals surface area contributed by atoms with Gasteiger partial charge in [0.2, 0.25) is 0 Å². The van der Waals surface area contributed by atoms with Crippen molar-refractivity contribution in [2.45, 2.75) is 6.54 Å². The Kier molecular flexibility index (Phi) is 4.40. The molecule has 0 spiro atoms. The Morgan fingerprint density at radius 2 is 1.90 bits per heavy atom. The molecule has 0 aliphatic rings. The lowest BCUT2D eigenvalue weighted by Gasteiger charge is -2.10. The monoisotopic (exact) mass is 456 g/mol.